The molecule has 1 amide bonds. The highest BCUT2D eigenvalue weighted by Crippen LogP contribution is 2.27. The van der Waals surface area contributed by atoms with Crippen molar-refractivity contribution in [3.8, 4) is 5.75 Å². The van der Waals surface area contributed by atoms with E-state index >= 15 is 0 Å². The Labute approximate surface area is 151 Å². The van der Waals surface area contributed by atoms with Gasteiger partial charge in [-0.15, -0.1) is 0 Å². The number of ether oxygens (including phenoxy) is 1. The summed E-state index contributed by atoms with van der Waals surface area (Å²) in [5, 5.41) is 4.16. The highest BCUT2D eigenvalue weighted by Gasteiger charge is 2.25. The zero-order valence-corrected chi connectivity index (χ0v) is 16.4. The van der Waals surface area contributed by atoms with Gasteiger partial charge in [0.05, 0.1) is 10.7 Å². The van der Waals surface area contributed by atoms with Crippen LogP contribution in [0.1, 0.15) is 31.9 Å². The van der Waals surface area contributed by atoms with E-state index in [-0.39, 0.29) is 11.9 Å². The van der Waals surface area contributed by atoms with E-state index in [9.17, 15) is 4.79 Å². The Bertz CT molecular complexity index is 712. The van der Waals surface area contributed by atoms with Gasteiger partial charge in [-0.3, -0.25) is 9.48 Å². The summed E-state index contributed by atoms with van der Waals surface area (Å²) in [6.07, 6.45) is 3.14. The van der Waals surface area contributed by atoms with Crippen molar-refractivity contribution in [2.75, 3.05) is 0 Å². The fraction of sp³-hybridized carbons (Fsp3) is 0.444. The summed E-state index contributed by atoms with van der Waals surface area (Å²) in [6, 6.07) is 5.89. The van der Waals surface area contributed by atoms with E-state index in [4.69, 9.17) is 4.74 Å². The third-order valence-corrected chi connectivity index (χ3v) is 4.38. The molecule has 0 spiro atoms. The average molecular weight is 394 g/mol. The summed E-state index contributed by atoms with van der Waals surface area (Å²) in [5.41, 5.74) is 2.14. The van der Waals surface area contributed by atoms with Crippen LogP contribution in [0.25, 0.3) is 0 Å². The maximum absolute atomic E-state index is 12.8. The molecule has 0 radical (unpaired) electrons. The number of amides is 1. The van der Waals surface area contributed by atoms with Gasteiger partial charge in [-0.1, -0.05) is 6.07 Å². The van der Waals surface area contributed by atoms with Gasteiger partial charge in [0.2, 0.25) is 0 Å². The number of halogens is 1. The van der Waals surface area contributed by atoms with E-state index in [1.807, 2.05) is 57.1 Å². The molecule has 0 bridgehead atoms. The molecule has 1 atom stereocenters. The number of aryl methyl sites for hydroxylation is 2. The summed E-state index contributed by atoms with van der Waals surface area (Å²) < 4.78 is 8.47. The molecule has 0 aliphatic heterocycles. The van der Waals surface area contributed by atoms with Gasteiger partial charge in [-0.2, -0.15) is 5.10 Å². The van der Waals surface area contributed by atoms with Gasteiger partial charge in [0, 0.05) is 31.4 Å². The largest absolute Gasteiger partial charge is 0.480 e. The number of nitrogens with zero attached hydrogens (tertiary/aromatic N) is 3. The van der Waals surface area contributed by atoms with Crippen molar-refractivity contribution < 1.29 is 9.53 Å². The van der Waals surface area contributed by atoms with Gasteiger partial charge in [0.25, 0.3) is 5.91 Å². The number of benzene rings is 1. The second-order valence-corrected chi connectivity index (χ2v) is 7.13. The second-order valence-electron chi connectivity index (χ2n) is 6.28. The van der Waals surface area contributed by atoms with Crippen molar-refractivity contribution in [2.45, 2.75) is 46.4 Å². The van der Waals surface area contributed by atoms with Crippen LogP contribution in [0.15, 0.2) is 35.1 Å². The lowest BCUT2D eigenvalue weighted by Gasteiger charge is -2.29. The molecule has 0 saturated heterocycles. The van der Waals surface area contributed by atoms with Crippen molar-refractivity contribution in [1.82, 2.24) is 14.7 Å². The molecule has 0 saturated carbocycles. The van der Waals surface area contributed by atoms with Crippen LogP contribution < -0.4 is 4.74 Å². The van der Waals surface area contributed by atoms with Crippen LogP contribution >= 0.6 is 15.9 Å². The first-order chi connectivity index (χ1) is 11.3. The van der Waals surface area contributed by atoms with Gasteiger partial charge < -0.3 is 9.64 Å². The molecule has 0 aliphatic carbocycles. The first-order valence-electron chi connectivity index (χ1n) is 7.98. The van der Waals surface area contributed by atoms with E-state index in [0.717, 1.165) is 15.6 Å². The smallest absolute Gasteiger partial charge is 0.263 e. The first kappa shape index (κ1) is 18.5. The molecule has 0 N–H and O–H groups in total. The van der Waals surface area contributed by atoms with Crippen LogP contribution in [0.2, 0.25) is 0 Å². The van der Waals surface area contributed by atoms with E-state index in [2.05, 4.69) is 21.0 Å². The molecular formula is C18H24BrN3O2. The third kappa shape index (κ3) is 4.60. The predicted molar refractivity (Wildman–Crippen MR) is 97.9 cm³/mol. The number of aromatic nitrogens is 2. The minimum absolute atomic E-state index is 0.0404. The number of carbonyl (C=O) groups excluding carboxylic acids is 1. The molecule has 1 unspecified atom stereocenters. The lowest BCUT2D eigenvalue weighted by Crippen LogP contribution is -2.43. The lowest BCUT2D eigenvalue weighted by molar-refractivity contribution is -0.140. The average Bonchev–Trinajstić information content (AvgIpc) is 2.92. The molecule has 0 fully saturated rings. The monoisotopic (exact) mass is 393 g/mol. The molecule has 6 heteroatoms. The highest BCUT2D eigenvalue weighted by molar-refractivity contribution is 9.10. The Hall–Kier alpha value is -1.82. The maximum Gasteiger partial charge on any atom is 0.263 e. The molecule has 24 heavy (non-hydrogen) atoms. The highest BCUT2D eigenvalue weighted by atomic mass is 79.9. The van der Waals surface area contributed by atoms with Crippen molar-refractivity contribution in [3.05, 3.63) is 46.2 Å². The molecule has 1 aromatic carbocycles. The van der Waals surface area contributed by atoms with Gasteiger partial charge >= 0.3 is 0 Å². The molecule has 130 valence electrons. The first-order valence-corrected chi connectivity index (χ1v) is 8.78. The van der Waals surface area contributed by atoms with Crippen molar-refractivity contribution in [3.63, 3.8) is 0 Å². The quantitative estimate of drug-likeness (QED) is 0.751. The van der Waals surface area contributed by atoms with Crippen molar-refractivity contribution >= 4 is 21.8 Å². The normalized spacial score (nSPS) is 12.3. The standard InChI is InChI=1S/C18H24BrN3O2/c1-12(2)22(11-15-9-20-21(5)10-15)18(23)14(4)24-17-7-6-13(3)8-16(17)19/h6-10,12,14H,11H2,1-5H3. The lowest BCUT2D eigenvalue weighted by atomic mass is 10.2. The topological polar surface area (TPSA) is 47.4 Å². The van der Waals surface area contributed by atoms with Crippen LogP contribution in [0.4, 0.5) is 0 Å². The zero-order chi connectivity index (χ0) is 17.9. The predicted octanol–water partition coefficient (Wildman–Crippen LogP) is 3.70. The Balaban J connectivity index is 2.10. The number of hydrogen-bond donors (Lipinski definition) is 0. The van der Waals surface area contributed by atoms with Crippen molar-refractivity contribution in [1.29, 1.82) is 0 Å². The van der Waals surface area contributed by atoms with Gasteiger partial charge in [0.1, 0.15) is 5.75 Å². The van der Waals surface area contributed by atoms with Gasteiger partial charge in [-0.25, -0.2) is 0 Å². The van der Waals surface area contributed by atoms with Crippen LogP contribution in [0.5, 0.6) is 5.75 Å². The minimum Gasteiger partial charge on any atom is -0.480 e. The van der Waals surface area contributed by atoms with E-state index in [1.165, 1.54) is 0 Å². The number of carbonyl (C=O) groups is 1. The van der Waals surface area contributed by atoms with Gasteiger partial charge in [0.15, 0.2) is 6.10 Å². The summed E-state index contributed by atoms with van der Waals surface area (Å²) in [6.45, 7) is 8.32. The summed E-state index contributed by atoms with van der Waals surface area (Å²) >= 11 is 3.49. The second kappa shape index (κ2) is 7.83. The van der Waals surface area contributed by atoms with Crippen LogP contribution in [-0.2, 0) is 18.4 Å². The molecule has 1 heterocycles. The van der Waals surface area contributed by atoms with Crippen LogP contribution in [0.3, 0.4) is 0 Å². The fourth-order valence-corrected chi connectivity index (χ4v) is 3.03. The molecule has 2 rings (SSSR count). The molecule has 1 aromatic heterocycles. The molecule has 5 nitrogen and oxygen atoms in total. The number of hydrogen-bond acceptors (Lipinski definition) is 3. The Kier molecular flexibility index (Phi) is 6.04. The van der Waals surface area contributed by atoms with E-state index in [1.54, 1.807) is 17.8 Å². The SMILES string of the molecule is Cc1ccc(OC(C)C(=O)N(Cc2cnn(C)c2)C(C)C)c(Br)c1. The molecule has 0 aliphatic rings. The summed E-state index contributed by atoms with van der Waals surface area (Å²) in [7, 11) is 1.87. The molecular weight excluding hydrogens is 370 g/mol. The van der Waals surface area contributed by atoms with Crippen molar-refractivity contribution in [2.24, 2.45) is 7.05 Å². The fourth-order valence-electron chi connectivity index (χ4n) is 2.44. The van der Waals surface area contributed by atoms with E-state index in [0.29, 0.717) is 12.3 Å². The Morgan fingerprint density at radius 2 is 2.08 bits per heavy atom. The third-order valence-electron chi connectivity index (χ3n) is 3.76. The Morgan fingerprint density at radius 3 is 2.62 bits per heavy atom. The minimum atomic E-state index is -0.567. The number of rotatable bonds is 6. The Morgan fingerprint density at radius 1 is 1.38 bits per heavy atom. The maximum atomic E-state index is 12.8. The summed E-state index contributed by atoms with van der Waals surface area (Å²) in [5.74, 6) is 0.632. The molecule has 2 aromatic rings. The van der Waals surface area contributed by atoms with Crippen LogP contribution in [0, 0.1) is 6.92 Å². The van der Waals surface area contributed by atoms with Crippen LogP contribution in [-0.4, -0.2) is 32.7 Å². The summed E-state index contributed by atoms with van der Waals surface area (Å²) in [4.78, 5) is 14.6. The zero-order valence-electron chi connectivity index (χ0n) is 14.8. The van der Waals surface area contributed by atoms with E-state index < -0.39 is 6.10 Å². The van der Waals surface area contributed by atoms with Gasteiger partial charge in [-0.05, 0) is 61.3 Å².